The van der Waals surface area contributed by atoms with E-state index in [0.29, 0.717) is 11.4 Å². The molecule has 0 aliphatic heterocycles. The largest absolute Gasteiger partial charge is 0.496 e. The molecule has 0 aliphatic carbocycles. The Kier molecular flexibility index (Phi) is 5.74. The van der Waals surface area contributed by atoms with E-state index in [1.807, 2.05) is 0 Å². The quantitative estimate of drug-likeness (QED) is 0.575. The van der Waals surface area contributed by atoms with Gasteiger partial charge in [-0.2, -0.15) is 13.2 Å². The van der Waals surface area contributed by atoms with Crippen molar-refractivity contribution in [3.8, 4) is 5.75 Å². The van der Waals surface area contributed by atoms with Crippen LogP contribution in [0.25, 0.3) is 0 Å². The molecule has 0 atom stereocenters. The van der Waals surface area contributed by atoms with Crippen molar-refractivity contribution in [3.63, 3.8) is 0 Å². The number of esters is 1. The first kappa shape index (κ1) is 19.6. The second kappa shape index (κ2) is 7.63. The molecule has 0 saturated heterocycles. The van der Waals surface area contributed by atoms with Crippen LogP contribution < -0.4 is 4.74 Å². The predicted octanol–water partition coefficient (Wildman–Crippen LogP) is 3.72. The first-order chi connectivity index (χ1) is 12.1. The number of methoxy groups -OCH3 is 1. The lowest BCUT2D eigenvalue weighted by molar-refractivity contribution is -0.141. The molecule has 0 spiro atoms. The van der Waals surface area contributed by atoms with Crippen molar-refractivity contribution in [2.24, 2.45) is 0 Å². The van der Waals surface area contributed by atoms with Crippen LogP contribution in [0.15, 0.2) is 30.3 Å². The van der Waals surface area contributed by atoms with Crippen molar-refractivity contribution in [2.75, 3.05) is 13.7 Å². The van der Waals surface area contributed by atoms with Crippen LogP contribution in [-0.2, 0) is 11.3 Å². The molecule has 2 rings (SSSR count). The van der Waals surface area contributed by atoms with Crippen molar-refractivity contribution < 1.29 is 32.2 Å². The number of hydrogen-bond acceptors (Lipinski definition) is 4. The van der Waals surface area contributed by atoms with Crippen molar-refractivity contribution in [1.29, 1.82) is 0 Å². The zero-order chi connectivity index (χ0) is 19.5. The van der Waals surface area contributed by atoms with Gasteiger partial charge in [-0.1, -0.05) is 12.1 Å². The Morgan fingerprint density at radius 3 is 2.38 bits per heavy atom. The standard InChI is InChI=1S/C18H18F3NO4/c1-11-8-14(12(2)22(11)10-18(19,20)21)15(23)9-26-17(24)13-6-4-5-7-16(13)25-3/h4-8H,9-10H2,1-3H3. The highest BCUT2D eigenvalue weighted by molar-refractivity contribution is 6.01. The maximum absolute atomic E-state index is 12.6. The molecule has 0 amide bonds. The van der Waals surface area contributed by atoms with Gasteiger partial charge in [-0.25, -0.2) is 4.79 Å². The van der Waals surface area contributed by atoms with Gasteiger partial charge in [-0.05, 0) is 32.0 Å². The summed E-state index contributed by atoms with van der Waals surface area (Å²) >= 11 is 0. The number of halogens is 3. The number of aryl methyl sites for hydroxylation is 1. The van der Waals surface area contributed by atoms with E-state index in [0.717, 1.165) is 4.57 Å². The fourth-order valence-corrected chi connectivity index (χ4v) is 2.61. The SMILES string of the molecule is COc1ccccc1C(=O)OCC(=O)c1cc(C)n(CC(F)(F)F)c1C. The third-order valence-corrected chi connectivity index (χ3v) is 3.87. The Morgan fingerprint density at radius 2 is 1.77 bits per heavy atom. The zero-order valence-electron chi connectivity index (χ0n) is 14.5. The Labute approximate surface area is 148 Å². The third kappa shape index (κ3) is 4.44. The summed E-state index contributed by atoms with van der Waals surface area (Å²) in [6.07, 6.45) is -4.40. The maximum Gasteiger partial charge on any atom is 0.406 e. The van der Waals surface area contributed by atoms with Crippen molar-refractivity contribution >= 4 is 11.8 Å². The minimum absolute atomic E-state index is 0.0968. The van der Waals surface area contributed by atoms with Gasteiger partial charge in [0.05, 0.1) is 7.11 Å². The fourth-order valence-electron chi connectivity index (χ4n) is 2.61. The van der Waals surface area contributed by atoms with Gasteiger partial charge in [-0.15, -0.1) is 0 Å². The number of ether oxygens (including phenoxy) is 2. The number of hydrogen-bond donors (Lipinski definition) is 0. The van der Waals surface area contributed by atoms with Gasteiger partial charge < -0.3 is 14.0 Å². The highest BCUT2D eigenvalue weighted by Gasteiger charge is 2.30. The van der Waals surface area contributed by atoms with Crippen LogP contribution in [0.5, 0.6) is 5.75 Å². The number of benzene rings is 1. The molecular formula is C18H18F3NO4. The van der Waals surface area contributed by atoms with E-state index in [9.17, 15) is 22.8 Å². The molecule has 0 saturated carbocycles. The summed E-state index contributed by atoms with van der Waals surface area (Å²) in [4.78, 5) is 24.4. The van der Waals surface area contributed by atoms with Crippen LogP contribution in [-0.4, -0.2) is 36.2 Å². The molecule has 140 valence electrons. The average Bonchev–Trinajstić information content (AvgIpc) is 2.86. The predicted molar refractivity (Wildman–Crippen MR) is 87.6 cm³/mol. The number of ketones is 1. The van der Waals surface area contributed by atoms with Crippen LogP contribution in [0, 0.1) is 13.8 Å². The number of para-hydroxylation sites is 1. The first-order valence-corrected chi connectivity index (χ1v) is 7.71. The summed E-state index contributed by atoms with van der Waals surface area (Å²) in [5.41, 5.74) is 0.738. The number of rotatable bonds is 6. The average molecular weight is 369 g/mol. The number of alkyl halides is 3. The normalized spacial score (nSPS) is 11.3. The van der Waals surface area contributed by atoms with E-state index in [2.05, 4.69) is 0 Å². The van der Waals surface area contributed by atoms with E-state index < -0.39 is 31.1 Å². The lowest BCUT2D eigenvalue weighted by atomic mass is 10.1. The molecule has 1 aromatic heterocycles. The van der Waals surface area contributed by atoms with E-state index in [1.165, 1.54) is 33.1 Å². The van der Waals surface area contributed by atoms with Gasteiger partial charge in [0.2, 0.25) is 5.78 Å². The molecule has 5 nitrogen and oxygen atoms in total. The van der Waals surface area contributed by atoms with E-state index >= 15 is 0 Å². The number of carbonyl (C=O) groups is 2. The van der Waals surface area contributed by atoms with Gasteiger partial charge in [0.15, 0.2) is 6.61 Å². The molecule has 0 radical (unpaired) electrons. The summed E-state index contributed by atoms with van der Waals surface area (Å²) < 4.78 is 49.0. The third-order valence-electron chi connectivity index (χ3n) is 3.87. The van der Waals surface area contributed by atoms with Gasteiger partial charge >= 0.3 is 12.1 Å². The Balaban J connectivity index is 2.11. The summed E-state index contributed by atoms with van der Waals surface area (Å²) in [6.45, 7) is 1.15. The molecule has 0 N–H and O–H groups in total. The van der Waals surface area contributed by atoms with Crippen LogP contribution in [0.1, 0.15) is 32.1 Å². The lowest BCUT2D eigenvalue weighted by Crippen LogP contribution is -2.20. The van der Waals surface area contributed by atoms with Crippen LogP contribution >= 0.6 is 0 Å². The lowest BCUT2D eigenvalue weighted by Gasteiger charge is -2.12. The van der Waals surface area contributed by atoms with E-state index in [4.69, 9.17) is 9.47 Å². The minimum atomic E-state index is -4.40. The monoisotopic (exact) mass is 369 g/mol. The smallest absolute Gasteiger partial charge is 0.406 e. The number of aromatic nitrogens is 1. The summed E-state index contributed by atoms with van der Waals surface area (Å²) in [7, 11) is 1.40. The molecular weight excluding hydrogens is 351 g/mol. The topological polar surface area (TPSA) is 57.5 Å². The summed E-state index contributed by atoms with van der Waals surface area (Å²) in [6, 6.07) is 7.71. The molecule has 0 unspecified atom stereocenters. The summed E-state index contributed by atoms with van der Waals surface area (Å²) in [5, 5.41) is 0. The van der Waals surface area contributed by atoms with E-state index in [1.54, 1.807) is 18.2 Å². The minimum Gasteiger partial charge on any atom is -0.496 e. The van der Waals surface area contributed by atoms with Gasteiger partial charge in [0.25, 0.3) is 0 Å². The molecule has 0 aliphatic rings. The number of nitrogens with zero attached hydrogens (tertiary/aromatic N) is 1. The number of Topliss-reactive ketones (excluding diaryl/α,β-unsaturated/α-hetero) is 1. The first-order valence-electron chi connectivity index (χ1n) is 7.71. The molecule has 0 bridgehead atoms. The van der Waals surface area contributed by atoms with Crippen LogP contribution in [0.2, 0.25) is 0 Å². The number of carbonyl (C=O) groups excluding carboxylic acids is 2. The Morgan fingerprint density at radius 1 is 1.12 bits per heavy atom. The van der Waals surface area contributed by atoms with Gasteiger partial charge in [0, 0.05) is 17.0 Å². The Bertz CT molecular complexity index is 824. The van der Waals surface area contributed by atoms with E-state index in [-0.39, 0.29) is 16.8 Å². The molecule has 26 heavy (non-hydrogen) atoms. The highest BCUT2D eigenvalue weighted by atomic mass is 19.4. The summed E-state index contributed by atoms with van der Waals surface area (Å²) in [5.74, 6) is -1.03. The zero-order valence-corrected chi connectivity index (χ0v) is 14.5. The highest BCUT2D eigenvalue weighted by Crippen LogP contribution is 2.24. The van der Waals surface area contributed by atoms with Crippen LogP contribution in [0.4, 0.5) is 13.2 Å². The molecule has 2 aromatic rings. The fraction of sp³-hybridized carbons (Fsp3) is 0.333. The molecule has 1 aromatic carbocycles. The molecule has 1 heterocycles. The van der Waals surface area contributed by atoms with Crippen molar-refractivity contribution in [2.45, 2.75) is 26.6 Å². The van der Waals surface area contributed by atoms with Crippen LogP contribution in [0.3, 0.4) is 0 Å². The van der Waals surface area contributed by atoms with Gasteiger partial charge in [0.1, 0.15) is 17.9 Å². The molecule has 0 fully saturated rings. The van der Waals surface area contributed by atoms with Gasteiger partial charge in [-0.3, -0.25) is 4.79 Å². The maximum atomic E-state index is 12.6. The van der Waals surface area contributed by atoms with Crippen molar-refractivity contribution in [3.05, 3.63) is 52.8 Å². The second-order valence-electron chi connectivity index (χ2n) is 5.69. The second-order valence-corrected chi connectivity index (χ2v) is 5.69. The Hall–Kier alpha value is -2.77. The van der Waals surface area contributed by atoms with Crippen molar-refractivity contribution in [1.82, 2.24) is 4.57 Å². The molecule has 8 heteroatoms.